The van der Waals surface area contributed by atoms with Crippen molar-refractivity contribution in [2.45, 2.75) is 27.4 Å². The van der Waals surface area contributed by atoms with Gasteiger partial charge in [0.05, 0.1) is 3.42 Å². The lowest BCUT2D eigenvalue weighted by Crippen LogP contribution is -2.63. The summed E-state index contributed by atoms with van der Waals surface area (Å²) in [7, 11) is 0. The second-order valence-corrected chi connectivity index (χ2v) is 8.78. The number of allylic oxidation sites excluding steroid dienone is 4. The quantitative estimate of drug-likeness (QED) is 0.183. The molecule has 1 radical (unpaired) electrons. The van der Waals surface area contributed by atoms with Gasteiger partial charge in [-0.1, -0.05) is 46.9 Å². The third kappa shape index (κ3) is 3.78. The van der Waals surface area contributed by atoms with Crippen LogP contribution < -0.4 is 0 Å². The van der Waals surface area contributed by atoms with Crippen molar-refractivity contribution < 1.29 is 43.9 Å². The van der Waals surface area contributed by atoms with E-state index in [0.29, 0.717) is 0 Å². The Hall–Kier alpha value is -0.540. The van der Waals surface area contributed by atoms with Gasteiger partial charge in [0.2, 0.25) is 0 Å². The summed E-state index contributed by atoms with van der Waals surface area (Å²) in [5.74, 6) is -7.75. The average molecular weight is 643 g/mol. The van der Waals surface area contributed by atoms with Gasteiger partial charge in [-0.2, -0.15) is 35.1 Å². The first-order valence-electron chi connectivity index (χ1n) is 7.08. The van der Waals surface area contributed by atoms with Crippen molar-refractivity contribution in [3.8, 4) is 0 Å². The molecule has 1 aliphatic rings. The Labute approximate surface area is 179 Å². The Balaban J connectivity index is 2.80. The topological polar surface area (TPSA) is 0 Å². The van der Waals surface area contributed by atoms with Gasteiger partial charge in [-0.05, 0) is 38.3 Å². The standard InChI is InChI=1S/C16H7F10I2/c17-11-4-2-1-3-10(11)12(28)6-8(5-9(27)7-12)13(18,15(21,22)23)14(19,20)16(24,25)26/h1-7H. The predicted molar refractivity (Wildman–Crippen MR) is 97.5 cm³/mol. The zero-order valence-electron chi connectivity index (χ0n) is 13.1. The molecule has 28 heavy (non-hydrogen) atoms. The van der Waals surface area contributed by atoms with Gasteiger partial charge in [-0.25, -0.2) is 8.78 Å². The fourth-order valence-electron chi connectivity index (χ4n) is 2.55. The molecular weight excluding hydrogens is 636 g/mol. The van der Waals surface area contributed by atoms with Crippen LogP contribution in [0.2, 0.25) is 0 Å². The molecule has 155 valence electrons. The summed E-state index contributed by atoms with van der Waals surface area (Å²) in [6, 6.07) is 4.53. The maximum Gasteiger partial charge on any atom is 0.457 e. The summed E-state index contributed by atoms with van der Waals surface area (Å²) in [4.78, 5) is 0. The van der Waals surface area contributed by atoms with E-state index in [1.807, 2.05) is 0 Å². The number of hydrogen-bond donors (Lipinski definition) is 0. The summed E-state index contributed by atoms with van der Waals surface area (Å²) in [6.07, 6.45) is -11.9. The van der Waals surface area contributed by atoms with Crippen molar-refractivity contribution in [1.82, 2.24) is 0 Å². The smallest absolute Gasteiger partial charge is 0.221 e. The highest BCUT2D eigenvalue weighted by Crippen LogP contribution is 2.59. The Morgan fingerprint density at radius 1 is 0.821 bits per heavy atom. The van der Waals surface area contributed by atoms with Crippen molar-refractivity contribution in [1.29, 1.82) is 0 Å². The number of rotatable bonds is 3. The minimum atomic E-state index is -6.83. The molecule has 0 fully saturated rings. The summed E-state index contributed by atoms with van der Waals surface area (Å²) < 4.78 is 132. The second-order valence-electron chi connectivity index (χ2n) is 5.75. The molecule has 1 aromatic rings. The first-order valence-corrected chi connectivity index (χ1v) is 9.23. The summed E-state index contributed by atoms with van der Waals surface area (Å²) >= 11 is 2.68. The Kier molecular flexibility index (Phi) is 6.19. The van der Waals surface area contributed by atoms with Crippen molar-refractivity contribution >= 4 is 45.2 Å². The molecular formula is C16H7F10I2. The highest BCUT2D eigenvalue weighted by Gasteiger charge is 2.82. The fourth-order valence-corrected chi connectivity index (χ4v) is 5.08. The molecule has 0 aliphatic heterocycles. The normalized spacial score (nSPS) is 23.7. The van der Waals surface area contributed by atoms with Crippen LogP contribution in [0, 0.1) is 12.2 Å². The maximum atomic E-state index is 14.8. The predicted octanol–water partition coefficient (Wildman–Crippen LogP) is 7.39. The third-order valence-corrected chi connectivity index (χ3v) is 5.70. The molecule has 2 rings (SSSR count). The van der Waals surface area contributed by atoms with E-state index in [0.717, 1.165) is 18.6 Å². The number of alkyl halides is 10. The van der Waals surface area contributed by atoms with E-state index in [-0.39, 0.29) is 21.3 Å². The molecule has 0 aromatic heterocycles. The molecule has 0 N–H and O–H groups in total. The van der Waals surface area contributed by atoms with Gasteiger partial charge < -0.3 is 0 Å². The van der Waals surface area contributed by atoms with E-state index >= 15 is 0 Å². The zero-order chi connectivity index (χ0) is 21.8. The average Bonchev–Trinajstić information content (AvgIpc) is 2.51. The molecule has 0 saturated heterocycles. The van der Waals surface area contributed by atoms with Gasteiger partial charge in [-0.15, -0.1) is 0 Å². The van der Waals surface area contributed by atoms with E-state index < -0.39 is 38.8 Å². The van der Waals surface area contributed by atoms with E-state index in [1.54, 1.807) is 0 Å². The van der Waals surface area contributed by atoms with Crippen LogP contribution in [-0.2, 0) is 3.42 Å². The first kappa shape index (κ1) is 23.7. The molecule has 0 spiro atoms. The largest absolute Gasteiger partial charge is 0.457 e. The zero-order valence-corrected chi connectivity index (χ0v) is 17.4. The molecule has 2 unspecified atom stereocenters. The van der Waals surface area contributed by atoms with Crippen molar-refractivity contribution in [3.05, 3.63) is 63.4 Å². The van der Waals surface area contributed by atoms with Gasteiger partial charge >= 0.3 is 23.9 Å². The molecule has 0 amide bonds. The second kappa shape index (κ2) is 7.30. The van der Waals surface area contributed by atoms with Crippen LogP contribution in [0.1, 0.15) is 5.56 Å². The highest BCUT2D eigenvalue weighted by atomic mass is 127. The molecule has 2 atom stereocenters. The Morgan fingerprint density at radius 3 is 1.82 bits per heavy atom. The van der Waals surface area contributed by atoms with Crippen molar-refractivity contribution in [2.24, 2.45) is 0 Å². The van der Waals surface area contributed by atoms with Crippen LogP contribution in [-0.4, -0.2) is 23.9 Å². The third-order valence-electron chi connectivity index (χ3n) is 3.87. The van der Waals surface area contributed by atoms with Gasteiger partial charge in [0.1, 0.15) is 5.82 Å². The van der Waals surface area contributed by atoms with E-state index in [1.165, 1.54) is 57.3 Å². The van der Waals surface area contributed by atoms with Crippen LogP contribution in [0.15, 0.2) is 45.6 Å². The minimum absolute atomic E-state index is 0.223. The summed E-state index contributed by atoms with van der Waals surface area (Å²) in [6.45, 7) is 0. The number of halogens is 12. The van der Waals surface area contributed by atoms with E-state index in [4.69, 9.17) is 0 Å². The Bertz CT molecular complexity index is 823. The van der Waals surface area contributed by atoms with Crippen molar-refractivity contribution in [2.75, 3.05) is 0 Å². The molecule has 1 aliphatic carbocycles. The highest BCUT2D eigenvalue weighted by molar-refractivity contribution is 14.1. The van der Waals surface area contributed by atoms with Gasteiger partial charge in [0.25, 0.3) is 0 Å². The van der Waals surface area contributed by atoms with Gasteiger partial charge in [0, 0.05) is 17.6 Å². The number of hydrogen-bond acceptors (Lipinski definition) is 0. The fraction of sp³-hybridized carbons (Fsp3) is 0.312. The monoisotopic (exact) mass is 643 g/mol. The summed E-state index contributed by atoms with van der Waals surface area (Å²) in [5.41, 5.74) is -8.38. The minimum Gasteiger partial charge on any atom is -0.221 e. The van der Waals surface area contributed by atoms with E-state index in [2.05, 4.69) is 0 Å². The van der Waals surface area contributed by atoms with Crippen LogP contribution in [0.3, 0.4) is 0 Å². The summed E-state index contributed by atoms with van der Waals surface area (Å²) in [5, 5.41) is 0. The molecule has 12 heteroatoms. The van der Waals surface area contributed by atoms with Crippen LogP contribution in [0.4, 0.5) is 43.9 Å². The SMILES string of the molecule is Fc1ccccc1C1(I)[CH]C(I)=CC(C(F)(C(F)(F)F)C(F)(F)C(F)(F)F)=C1. The lowest BCUT2D eigenvalue weighted by Gasteiger charge is -2.39. The van der Waals surface area contributed by atoms with Gasteiger partial charge in [-0.3, -0.25) is 0 Å². The van der Waals surface area contributed by atoms with Crippen LogP contribution in [0.25, 0.3) is 0 Å². The molecule has 1 aromatic carbocycles. The number of benzene rings is 1. The lowest BCUT2D eigenvalue weighted by molar-refractivity contribution is -0.371. The molecule has 0 heterocycles. The molecule has 0 bridgehead atoms. The van der Waals surface area contributed by atoms with Crippen molar-refractivity contribution in [3.63, 3.8) is 0 Å². The Morgan fingerprint density at radius 2 is 1.36 bits per heavy atom. The van der Waals surface area contributed by atoms with E-state index in [9.17, 15) is 43.9 Å². The van der Waals surface area contributed by atoms with Gasteiger partial charge in [0.15, 0.2) is 0 Å². The first-order chi connectivity index (χ1) is 12.5. The maximum absolute atomic E-state index is 14.8. The molecule has 0 saturated carbocycles. The van der Waals surface area contributed by atoms with Crippen LogP contribution >= 0.6 is 45.2 Å². The van der Waals surface area contributed by atoms with Crippen LogP contribution in [0.5, 0.6) is 0 Å². The lowest BCUT2D eigenvalue weighted by atomic mass is 9.80. The molecule has 0 nitrogen and oxygen atoms in total.